The summed E-state index contributed by atoms with van der Waals surface area (Å²) in [6.07, 6.45) is 1.79. The molecule has 0 amide bonds. The van der Waals surface area contributed by atoms with Gasteiger partial charge in [0, 0.05) is 36.0 Å². The third-order valence-corrected chi connectivity index (χ3v) is 5.04. The number of nitriles is 2. The normalized spacial score (nSPS) is 17.7. The van der Waals surface area contributed by atoms with Crippen LogP contribution in [0, 0.1) is 22.8 Å². The van der Waals surface area contributed by atoms with E-state index in [0.29, 0.717) is 24.3 Å². The molecular formula is C19H19N9O2. The van der Waals surface area contributed by atoms with Crippen LogP contribution in [0.2, 0.25) is 0 Å². The van der Waals surface area contributed by atoms with Gasteiger partial charge in [-0.3, -0.25) is 5.32 Å². The van der Waals surface area contributed by atoms with Gasteiger partial charge in [0.05, 0.1) is 18.9 Å². The molecular weight excluding hydrogens is 386 g/mol. The second-order valence-corrected chi connectivity index (χ2v) is 6.74. The van der Waals surface area contributed by atoms with Crippen LogP contribution in [-0.2, 0) is 4.74 Å². The van der Waals surface area contributed by atoms with Gasteiger partial charge in [0.25, 0.3) is 0 Å². The van der Waals surface area contributed by atoms with Crippen molar-refractivity contribution < 1.29 is 9.84 Å². The molecule has 11 nitrogen and oxygen atoms in total. The summed E-state index contributed by atoms with van der Waals surface area (Å²) in [5.74, 6) is 0.359. The van der Waals surface area contributed by atoms with E-state index in [1.807, 2.05) is 12.1 Å². The Kier molecular flexibility index (Phi) is 4.88. The van der Waals surface area contributed by atoms with Crippen LogP contribution in [0.25, 0.3) is 0 Å². The summed E-state index contributed by atoms with van der Waals surface area (Å²) in [4.78, 5) is 10.8. The van der Waals surface area contributed by atoms with Gasteiger partial charge < -0.3 is 31.5 Å². The number of nitrogens with two attached hydrogens (primary N) is 2. The molecule has 4 rings (SSSR count). The molecule has 1 fully saturated rings. The Morgan fingerprint density at radius 1 is 1.27 bits per heavy atom. The minimum Gasteiger partial charge on any atom is -0.507 e. The first-order valence-electron chi connectivity index (χ1n) is 9.18. The number of nitrogen functional groups attached to an aromatic ring is 2. The van der Waals surface area contributed by atoms with Crippen molar-refractivity contribution in [3.05, 3.63) is 34.9 Å². The van der Waals surface area contributed by atoms with Gasteiger partial charge >= 0.3 is 0 Å². The summed E-state index contributed by atoms with van der Waals surface area (Å²) in [5, 5.41) is 34.5. The Balaban J connectivity index is 1.82. The number of nitrogens with one attached hydrogen (secondary N) is 2. The summed E-state index contributed by atoms with van der Waals surface area (Å²) >= 11 is 0. The number of fused-ring (bicyclic) bond motifs is 1. The lowest BCUT2D eigenvalue weighted by Crippen LogP contribution is -2.36. The highest BCUT2D eigenvalue weighted by molar-refractivity contribution is 5.98. The van der Waals surface area contributed by atoms with Gasteiger partial charge in [0.15, 0.2) is 6.19 Å². The van der Waals surface area contributed by atoms with Crippen LogP contribution in [0.4, 0.5) is 23.0 Å². The molecule has 2 aliphatic heterocycles. The average Bonchev–Trinajstić information content (AvgIpc) is 2.74. The Hall–Kier alpha value is -4.22. The van der Waals surface area contributed by atoms with E-state index < -0.39 is 6.04 Å². The van der Waals surface area contributed by atoms with E-state index in [2.05, 4.69) is 25.5 Å². The number of morpholine rings is 1. The molecule has 0 aliphatic carbocycles. The van der Waals surface area contributed by atoms with Gasteiger partial charge in [-0.2, -0.15) is 10.5 Å². The number of benzene rings is 1. The second kappa shape index (κ2) is 7.66. The second-order valence-electron chi connectivity index (χ2n) is 6.74. The molecule has 0 spiro atoms. The number of rotatable bonds is 2. The summed E-state index contributed by atoms with van der Waals surface area (Å²) in [5.41, 5.74) is 13.9. The van der Waals surface area contributed by atoms with Crippen LogP contribution in [0.1, 0.15) is 22.7 Å². The lowest BCUT2D eigenvalue weighted by atomic mass is 9.94. The zero-order valence-corrected chi connectivity index (χ0v) is 15.9. The molecule has 152 valence electrons. The molecule has 1 aromatic carbocycles. The zero-order chi connectivity index (χ0) is 21.3. The molecule has 0 radical (unpaired) electrons. The Bertz CT molecular complexity index is 1110. The highest BCUT2D eigenvalue weighted by Gasteiger charge is 2.31. The van der Waals surface area contributed by atoms with Crippen molar-refractivity contribution in [2.75, 3.05) is 48.0 Å². The van der Waals surface area contributed by atoms with E-state index >= 15 is 0 Å². The number of aromatic nitrogens is 1. The number of guanidine groups is 1. The lowest BCUT2D eigenvalue weighted by molar-refractivity contribution is 0.122. The highest BCUT2D eigenvalue weighted by Crippen LogP contribution is 2.43. The van der Waals surface area contributed by atoms with E-state index in [9.17, 15) is 10.4 Å². The number of hydrogen-bond acceptors (Lipinski definition) is 11. The first kappa shape index (κ1) is 19.1. The summed E-state index contributed by atoms with van der Waals surface area (Å²) < 4.78 is 5.37. The molecule has 11 heteroatoms. The SMILES string of the molecule is N#CNC1=NC(c2ccc(N3CCOCC3)cc2O)c2c(nc(N)c(C#N)c2N)N1. The smallest absolute Gasteiger partial charge is 0.211 e. The monoisotopic (exact) mass is 405 g/mol. The van der Waals surface area contributed by atoms with Crippen molar-refractivity contribution in [3.63, 3.8) is 0 Å². The number of aliphatic imine (C=N–C) groups is 1. The molecule has 3 heterocycles. The van der Waals surface area contributed by atoms with Crippen molar-refractivity contribution in [2.24, 2.45) is 4.99 Å². The first-order chi connectivity index (χ1) is 14.5. The number of anilines is 4. The molecule has 0 saturated carbocycles. The predicted molar refractivity (Wildman–Crippen MR) is 111 cm³/mol. The molecule has 30 heavy (non-hydrogen) atoms. The van der Waals surface area contributed by atoms with Crippen LogP contribution in [0.3, 0.4) is 0 Å². The molecule has 1 atom stereocenters. The number of phenols is 1. The largest absolute Gasteiger partial charge is 0.507 e. The van der Waals surface area contributed by atoms with E-state index in [1.54, 1.807) is 18.3 Å². The van der Waals surface area contributed by atoms with Crippen LogP contribution >= 0.6 is 0 Å². The fourth-order valence-electron chi connectivity index (χ4n) is 3.59. The van der Waals surface area contributed by atoms with Crippen LogP contribution in [0.5, 0.6) is 5.75 Å². The summed E-state index contributed by atoms with van der Waals surface area (Å²) in [7, 11) is 0. The van der Waals surface area contributed by atoms with E-state index in [0.717, 1.165) is 18.8 Å². The zero-order valence-electron chi connectivity index (χ0n) is 15.9. The standard InChI is InChI=1S/C19H19N9O2/c20-8-12-15(22)14-16(25-19(24-9-21)27-18(14)26-17(12)23)11-2-1-10(7-13(11)29)28-3-5-30-6-4-28/h1-2,7,16,29H,3-6H2,(H6,22,23,24,25,26,27). The highest BCUT2D eigenvalue weighted by atomic mass is 16.5. The van der Waals surface area contributed by atoms with Crippen LogP contribution in [0.15, 0.2) is 23.2 Å². The van der Waals surface area contributed by atoms with Gasteiger partial charge in [-0.15, -0.1) is 0 Å². The number of aromatic hydroxyl groups is 1. The van der Waals surface area contributed by atoms with E-state index in [1.165, 1.54) is 0 Å². The fraction of sp³-hybridized carbons (Fsp3) is 0.263. The summed E-state index contributed by atoms with van der Waals surface area (Å²) in [6.45, 7) is 2.70. The van der Waals surface area contributed by atoms with E-state index in [4.69, 9.17) is 21.5 Å². The Morgan fingerprint density at radius 2 is 2.03 bits per heavy atom. The van der Waals surface area contributed by atoms with Crippen molar-refractivity contribution >= 4 is 29.0 Å². The third kappa shape index (κ3) is 3.23. The van der Waals surface area contributed by atoms with Crippen molar-refractivity contribution in [1.82, 2.24) is 10.3 Å². The average molecular weight is 405 g/mol. The van der Waals surface area contributed by atoms with Crippen molar-refractivity contribution in [1.29, 1.82) is 10.5 Å². The van der Waals surface area contributed by atoms with Gasteiger partial charge in [-0.1, -0.05) is 6.07 Å². The quantitative estimate of drug-likeness (QED) is 0.350. The van der Waals surface area contributed by atoms with Crippen molar-refractivity contribution in [2.45, 2.75) is 6.04 Å². The molecule has 2 aliphatic rings. The Morgan fingerprint density at radius 3 is 2.70 bits per heavy atom. The maximum Gasteiger partial charge on any atom is 0.211 e. The van der Waals surface area contributed by atoms with Gasteiger partial charge in [0.1, 0.15) is 35.1 Å². The first-order valence-corrected chi connectivity index (χ1v) is 9.18. The van der Waals surface area contributed by atoms with E-state index in [-0.39, 0.29) is 34.6 Å². The maximum absolute atomic E-state index is 10.8. The van der Waals surface area contributed by atoms with Gasteiger partial charge in [-0.25, -0.2) is 9.98 Å². The Labute approximate surface area is 172 Å². The molecule has 1 saturated heterocycles. The van der Waals surface area contributed by atoms with Gasteiger partial charge in [0.2, 0.25) is 5.96 Å². The number of hydrogen-bond donors (Lipinski definition) is 5. The number of ether oxygens (including phenoxy) is 1. The minimum absolute atomic E-state index is 0.00614. The van der Waals surface area contributed by atoms with Crippen LogP contribution < -0.4 is 27.0 Å². The summed E-state index contributed by atoms with van der Waals surface area (Å²) in [6, 6.07) is 6.43. The lowest BCUT2D eigenvalue weighted by Gasteiger charge is -2.30. The van der Waals surface area contributed by atoms with Crippen LogP contribution in [-0.4, -0.2) is 42.4 Å². The van der Waals surface area contributed by atoms with Gasteiger partial charge in [-0.05, 0) is 6.07 Å². The fourth-order valence-corrected chi connectivity index (χ4v) is 3.59. The topological polar surface area (TPSA) is 182 Å². The number of nitrogens with zero attached hydrogens (tertiary/aromatic N) is 5. The van der Waals surface area contributed by atoms with Crippen molar-refractivity contribution in [3.8, 4) is 18.0 Å². The molecule has 1 aromatic heterocycles. The maximum atomic E-state index is 10.8. The molecule has 1 unspecified atom stereocenters. The number of pyridine rings is 1. The minimum atomic E-state index is -0.795. The third-order valence-electron chi connectivity index (χ3n) is 5.04. The molecule has 0 bridgehead atoms. The predicted octanol–water partition coefficient (Wildman–Crippen LogP) is 0.601. The number of phenolic OH excluding ortho intramolecular Hbond substituents is 1. The molecule has 7 N–H and O–H groups in total. The molecule has 2 aromatic rings.